The van der Waals surface area contributed by atoms with Crippen molar-refractivity contribution in [2.75, 3.05) is 19.6 Å². The summed E-state index contributed by atoms with van der Waals surface area (Å²) in [6.45, 7) is 0.631. The Balaban J connectivity index is 1.57. The average Bonchev–Trinajstić information content (AvgIpc) is 3.44. The Bertz CT molecular complexity index is 1610. The topological polar surface area (TPSA) is 121 Å². The van der Waals surface area contributed by atoms with Gasteiger partial charge in [0.15, 0.2) is 0 Å². The van der Waals surface area contributed by atoms with Gasteiger partial charge in [0, 0.05) is 33.1 Å². The predicted octanol–water partition coefficient (Wildman–Crippen LogP) is 3.14. The molecule has 1 atom stereocenters. The maximum atomic E-state index is 13.6. The van der Waals surface area contributed by atoms with Gasteiger partial charge in [-0.25, -0.2) is 16.8 Å². The van der Waals surface area contributed by atoms with Gasteiger partial charge in [-0.15, -0.1) is 11.3 Å². The normalized spacial score (nSPS) is 17.0. The highest BCUT2D eigenvalue weighted by Gasteiger charge is 2.42. The van der Waals surface area contributed by atoms with E-state index in [1.807, 2.05) is 0 Å². The minimum atomic E-state index is -4.52. The molecule has 2 heterocycles. The van der Waals surface area contributed by atoms with Gasteiger partial charge in [-0.1, -0.05) is 30.3 Å². The number of sulfone groups is 1. The maximum Gasteiger partial charge on any atom is 0.416 e. The highest BCUT2D eigenvalue weighted by atomic mass is 32.3. The number of carbonyl (C=O) groups excluding carboxylic acids is 2. The summed E-state index contributed by atoms with van der Waals surface area (Å²) < 4.78 is 92.1. The Hall–Kier alpha value is -3.27. The molecule has 1 N–H and O–H groups in total. The number of piperazine rings is 1. The Kier molecular flexibility index (Phi) is 8.40. The fourth-order valence-electron chi connectivity index (χ4n) is 4.09. The predicted molar refractivity (Wildman–Crippen MR) is 139 cm³/mol. The number of nitrogens with one attached hydrogen (secondary N) is 1. The van der Waals surface area contributed by atoms with E-state index in [2.05, 4.69) is 5.32 Å². The lowest BCUT2D eigenvalue weighted by Crippen LogP contribution is -2.61. The zero-order valence-corrected chi connectivity index (χ0v) is 23.4. The summed E-state index contributed by atoms with van der Waals surface area (Å²) in [4.78, 5) is 26.5. The van der Waals surface area contributed by atoms with E-state index in [4.69, 9.17) is 0 Å². The molecule has 1 saturated heterocycles. The van der Waals surface area contributed by atoms with Crippen molar-refractivity contribution in [1.29, 1.82) is 0 Å². The van der Waals surface area contributed by atoms with Crippen LogP contribution in [0.15, 0.2) is 80.0 Å². The summed E-state index contributed by atoms with van der Waals surface area (Å²) in [5.41, 5.74) is -0.502. The molecule has 0 bridgehead atoms. The molecule has 9 nitrogen and oxygen atoms in total. The molecule has 1 aromatic heterocycles. The lowest BCUT2D eigenvalue weighted by molar-refractivity contribution is -0.138. The summed E-state index contributed by atoms with van der Waals surface area (Å²) in [5.74, 6) is -1.13. The Morgan fingerprint density at radius 1 is 0.925 bits per heavy atom. The number of hydrogen-bond acceptors (Lipinski definition) is 7. The molecule has 3 aromatic rings. The molecule has 0 aliphatic carbocycles. The second-order valence-corrected chi connectivity index (χ2v) is 14.3. The van der Waals surface area contributed by atoms with Crippen molar-refractivity contribution in [2.24, 2.45) is 0 Å². The Morgan fingerprint density at radius 3 is 2.15 bits per heavy atom. The zero-order chi connectivity index (χ0) is 29.3. The lowest BCUT2D eigenvalue weighted by Gasteiger charge is -2.39. The first-order valence-corrected chi connectivity index (χ1v) is 15.6. The van der Waals surface area contributed by atoms with E-state index >= 15 is 0 Å². The average molecular weight is 616 g/mol. The number of hydrogen-bond donors (Lipinski definition) is 1. The number of alkyl halides is 3. The van der Waals surface area contributed by atoms with Crippen LogP contribution in [-0.4, -0.2) is 63.5 Å². The first kappa shape index (κ1) is 29.7. The van der Waals surface area contributed by atoms with Crippen LogP contribution in [0.3, 0.4) is 0 Å². The highest BCUT2D eigenvalue weighted by molar-refractivity contribution is 7.95. The Labute approximate surface area is 233 Å². The summed E-state index contributed by atoms with van der Waals surface area (Å²) in [7, 11) is -8.35. The molecule has 0 radical (unpaired) electrons. The summed E-state index contributed by atoms with van der Waals surface area (Å²) in [6.07, 6.45) is -4.52. The number of sulfonamides is 1. The van der Waals surface area contributed by atoms with Crippen LogP contribution in [0.2, 0.25) is 0 Å². The minimum absolute atomic E-state index is 0.00334. The molecule has 2 amide bonds. The molecule has 214 valence electrons. The van der Waals surface area contributed by atoms with Gasteiger partial charge in [0.2, 0.25) is 21.7 Å². The van der Waals surface area contributed by atoms with Gasteiger partial charge in [0.1, 0.15) is 14.5 Å². The number of nitrogens with zero attached hydrogens (tertiary/aromatic N) is 2. The van der Waals surface area contributed by atoms with Crippen LogP contribution in [-0.2, 0) is 42.2 Å². The van der Waals surface area contributed by atoms with Crippen molar-refractivity contribution in [3.8, 4) is 0 Å². The quantitative estimate of drug-likeness (QED) is 0.436. The number of benzene rings is 2. The number of rotatable bonds is 7. The van der Waals surface area contributed by atoms with Crippen molar-refractivity contribution < 1.29 is 39.6 Å². The molecule has 15 heteroatoms. The van der Waals surface area contributed by atoms with Gasteiger partial charge in [0.05, 0.1) is 10.5 Å². The molecule has 40 heavy (non-hydrogen) atoms. The van der Waals surface area contributed by atoms with Gasteiger partial charge >= 0.3 is 6.18 Å². The van der Waals surface area contributed by atoms with E-state index in [0.717, 1.165) is 22.5 Å². The third-order valence-corrected chi connectivity index (χ3v) is 12.0. The van der Waals surface area contributed by atoms with Crippen LogP contribution in [0.5, 0.6) is 0 Å². The molecular weight excluding hydrogens is 591 g/mol. The fraction of sp³-hybridized carbons (Fsp3) is 0.280. The maximum absolute atomic E-state index is 13.6. The molecular formula is C25H24F3N3O6S3. The lowest BCUT2D eigenvalue weighted by atomic mass is 10.1. The van der Waals surface area contributed by atoms with Crippen molar-refractivity contribution >= 4 is 43.0 Å². The molecule has 1 aliphatic heterocycles. The third kappa shape index (κ3) is 6.22. The second-order valence-electron chi connectivity index (χ2n) is 8.90. The SMILES string of the molecule is CC(=O)N1CCN(S(=O)(=O)c2ccc(S(=O)(=O)c3ccccc3)s2)C(C(=O)NCc2ccc(C(F)(F)F)cc2)C1. The van der Waals surface area contributed by atoms with Crippen LogP contribution in [0.25, 0.3) is 0 Å². The van der Waals surface area contributed by atoms with Crippen LogP contribution in [0.4, 0.5) is 13.2 Å². The van der Waals surface area contributed by atoms with Gasteiger partial charge in [-0.3, -0.25) is 9.59 Å². The Morgan fingerprint density at radius 2 is 1.55 bits per heavy atom. The van der Waals surface area contributed by atoms with E-state index in [0.29, 0.717) is 16.9 Å². The molecule has 0 spiro atoms. The van der Waals surface area contributed by atoms with E-state index in [1.54, 1.807) is 18.2 Å². The first-order valence-electron chi connectivity index (χ1n) is 11.8. The monoisotopic (exact) mass is 615 g/mol. The van der Waals surface area contributed by atoms with E-state index in [1.165, 1.54) is 42.2 Å². The van der Waals surface area contributed by atoms with Crippen LogP contribution >= 0.6 is 11.3 Å². The number of halogens is 3. The molecule has 2 aromatic carbocycles. The van der Waals surface area contributed by atoms with Crippen molar-refractivity contribution in [2.45, 2.75) is 39.0 Å². The highest BCUT2D eigenvalue weighted by Crippen LogP contribution is 2.33. The van der Waals surface area contributed by atoms with E-state index in [9.17, 15) is 39.6 Å². The van der Waals surface area contributed by atoms with E-state index < -0.39 is 43.5 Å². The standard InChI is InChI=1S/C25H24F3N3O6S3/c1-17(32)30-13-14-31(21(16-30)24(33)29-15-18-7-9-19(10-8-18)25(26,27)28)40(36,37)23-12-11-22(38-23)39(34,35)20-5-3-2-4-6-20/h2-12,21H,13-16H2,1H3,(H,29,33). The van der Waals surface area contributed by atoms with Crippen molar-refractivity contribution in [3.63, 3.8) is 0 Å². The van der Waals surface area contributed by atoms with Crippen molar-refractivity contribution in [1.82, 2.24) is 14.5 Å². The molecule has 1 fully saturated rings. The summed E-state index contributed by atoms with van der Waals surface area (Å²) in [6, 6.07) is 12.6. The fourth-order valence-corrected chi connectivity index (χ4v) is 8.98. The number of amides is 2. The first-order chi connectivity index (χ1) is 18.7. The van der Waals surface area contributed by atoms with Crippen molar-refractivity contribution in [3.05, 3.63) is 77.9 Å². The summed E-state index contributed by atoms with van der Waals surface area (Å²) in [5, 5.41) is 2.53. The third-order valence-electron chi connectivity index (χ3n) is 6.27. The zero-order valence-electron chi connectivity index (χ0n) is 21.0. The number of carbonyl (C=O) groups is 2. The second kappa shape index (κ2) is 11.3. The molecule has 4 rings (SSSR count). The summed E-state index contributed by atoms with van der Waals surface area (Å²) >= 11 is 0.548. The molecule has 1 aliphatic rings. The van der Waals surface area contributed by atoms with Crippen LogP contribution < -0.4 is 5.32 Å². The van der Waals surface area contributed by atoms with Gasteiger partial charge in [-0.2, -0.15) is 17.5 Å². The van der Waals surface area contributed by atoms with Gasteiger partial charge < -0.3 is 10.2 Å². The number of thiophene rings is 1. The minimum Gasteiger partial charge on any atom is -0.351 e. The van der Waals surface area contributed by atoms with Crippen LogP contribution in [0.1, 0.15) is 18.1 Å². The molecule has 1 unspecified atom stereocenters. The van der Waals surface area contributed by atoms with E-state index in [-0.39, 0.29) is 45.4 Å². The van der Waals surface area contributed by atoms with Crippen LogP contribution in [0, 0.1) is 0 Å². The largest absolute Gasteiger partial charge is 0.416 e. The smallest absolute Gasteiger partial charge is 0.351 e. The van der Waals surface area contributed by atoms with Gasteiger partial charge in [0.25, 0.3) is 10.0 Å². The molecule has 0 saturated carbocycles. The van der Waals surface area contributed by atoms with Gasteiger partial charge in [-0.05, 0) is 42.0 Å².